The molecule has 94 valence electrons. The van der Waals surface area contributed by atoms with Gasteiger partial charge in [-0.2, -0.15) is 0 Å². The van der Waals surface area contributed by atoms with Gasteiger partial charge in [0.05, 0.1) is 19.3 Å². The van der Waals surface area contributed by atoms with Crippen molar-refractivity contribution in [1.29, 1.82) is 0 Å². The predicted molar refractivity (Wildman–Crippen MR) is 66.1 cm³/mol. The van der Waals surface area contributed by atoms with Crippen LogP contribution in [0.2, 0.25) is 0 Å². The molecule has 2 amide bonds. The van der Waals surface area contributed by atoms with E-state index in [0.29, 0.717) is 5.69 Å². The van der Waals surface area contributed by atoms with Crippen LogP contribution in [0, 0.1) is 6.92 Å². The Labute approximate surface area is 101 Å². The summed E-state index contributed by atoms with van der Waals surface area (Å²) in [6.45, 7) is 2.09. The summed E-state index contributed by atoms with van der Waals surface area (Å²) in [5.74, 6) is 0. The first-order valence-corrected chi connectivity index (χ1v) is 5.39. The second-order valence-electron chi connectivity index (χ2n) is 3.80. The summed E-state index contributed by atoms with van der Waals surface area (Å²) < 4.78 is 4.86. The summed E-state index contributed by atoms with van der Waals surface area (Å²) in [5.41, 5.74) is 1.84. The third-order valence-corrected chi connectivity index (χ3v) is 2.23. The fourth-order valence-electron chi connectivity index (χ4n) is 1.33. The molecule has 0 aromatic heterocycles. The van der Waals surface area contributed by atoms with Crippen LogP contribution in [-0.4, -0.2) is 37.5 Å². The Kier molecular flexibility index (Phi) is 5.45. The van der Waals surface area contributed by atoms with E-state index in [9.17, 15) is 4.79 Å². The van der Waals surface area contributed by atoms with Gasteiger partial charge in [0.25, 0.3) is 0 Å². The minimum atomic E-state index is -0.398. The molecule has 5 heteroatoms. The van der Waals surface area contributed by atoms with Crippen molar-refractivity contribution >= 4 is 11.7 Å². The van der Waals surface area contributed by atoms with E-state index in [1.165, 1.54) is 7.11 Å². The Hall–Kier alpha value is -1.59. The molecule has 0 radical (unpaired) electrons. The second kappa shape index (κ2) is 6.88. The van der Waals surface area contributed by atoms with E-state index < -0.39 is 6.04 Å². The molecule has 0 bridgehead atoms. The van der Waals surface area contributed by atoms with E-state index in [1.54, 1.807) is 0 Å². The van der Waals surface area contributed by atoms with Gasteiger partial charge in [0.2, 0.25) is 0 Å². The molecule has 1 aromatic carbocycles. The lowest BCUT2D eigenvalue weighted by Gasteiger charge is -2.15. The molecule has 1 unspecified atom stereocenters. The smallest absolute Gasteiger partial charge is 0.319 e. The zero-order chi connectivity index (χ0) is 12.7. The molecule has 1 aromatic rings. The van der Waals surface area contributed by atoms with Gasteiger partial charge in [-0.3, -0.25) is 0 Å². The maximum Gasteiger partial charge on any atom is 0.319 e. The Bertz CT molecular complexity index is 351. The first-order chi connectivity index (χ1) is 8.15. The predicted octanol–water partition coefficient (Wildman–Crippen LogP) is 1.12. The topological polar surface area (TPSA) is 70.6 Å². The summed E-state index contributed by atoms with van der Waals surface area (Å²) in [6, 6.07) is 6.71. The third kappa shape index (κ3) is 4.84. The number of aliphatic hydroxyl groups excluding tert-OH is 1. The highest BCUT2D eigenvalue weighted by Gasteiger charge is 2.10. The molecule has 3 N–H and O–H groups in total. The van der Waals surface area contributed by atoms with Gasteiger partial charge in [-0.1, -0.05) is 17.7 Å². The van der Waals surface area contributed by atoms with Crippen LogP contribution in [-0.2, 0) is 4.74 Å². The molecule has 0 saturated carbocycles. The summed E-state index contributed by atoms with van der Waals surface area (Å²) >= 11 is 0. The Morgan fingerprint density at radius 2 is 2.06 bits per heavy atom. The second-order valence-corrected chi connectivity index (χ2v) is 3.80. The number of benzene rings is 1. The number of aryl methyl sites for hydroxylation is 1. The molecule has 0 saturated heterocycles. The molecular formula is C12H18N2O3. The maximum atomic E-state index is 11.6. The van der Waals surface area contributed by atoms with Crippen LogP contribution in [0.5, 0.6) is 0 Å². The van der Waals surface area contributed by atoms with Crippen molar-refractivity contribution in [2.75, 3.05) is 25.6 Å². The molecule has 1 atom stereocenters. The average molecular weight is 238 g/mol. The summed E-state index contributed by atoms with van der Waals surface area (Å²) in [7, 11) is 1.52. The third-order valence-electron chi connectivity index (χ3n) is 2.23. The van der Waals surface area contributed by atoms with Gasteiger partial charge in [-0.25, -0.2) is 4.79 Å². The molecule has 0 spiro atoms. The fourth-order valence-corrected chi connectivity index (χ4v) is 1.33. The van der Waals surface area contributed by atoms with Crippen molar-refractivity contribution in [1.82, 2.24) is 5.32 Å². The van der Waals surface area contributed by atoms with Gasteiger partial charge in [0, 0.05) is 12.8 Å². The highest BCUT2D eigenvalue weighted by molar-refractivity contribution is 5.89. The van der Waals surface area contributed by atoms with E-state index in [4.69, 9.17) is 9.84 Å². The SMILES string of the molecule is COCC(CO)NC(=O)Nc1ccc(C)cc1. The summed E-state index contributed by atoms with van der Waals surface area (Å²) in [4.78, 5) is 11.6. The molecule has 17 heavy (non-hydrogen) atoms. The minimum absolute atomic E-state index is 0.158. The first kappa shape index (κ1) is 13.5. The van der Waals surface area contributed by atoms with Crippen LogP contribution in [0.4, 0.5) is 10.5 Å². The Balaban J connectivity index is 2.46. The number of nitrogens with one attached hydrogen (secondary N) is 2. The molecule has 0 aliphatic carbocycles. The van der Waals surface area contributed by atoms with Gasteiger partial charge >= 0.3 is 6.03 Å². The monoisotopic (exact) mass is 238 g/mol. The number of urea groups is 1. The zero-order valence-corrected chi connectivity index (χ0v) is 10.1. The number of amides is 2. The van der Waals surface area contributed by atoms with Gasteiger partial charge in [-0.15, -0.1) is 0 Å². The van der Waals surface area contributed by atoms with Crippen LogP contribution >= 0.6 is 0 Å². The van der Waals surface area contributed by atoms with Gasteiger partial charge in [-0.05, 0) is 19.1 Å². The molecule has 0 heterocycles. The van der Waals surface area contributed by atoms with Crippen LogP contribution in [0.25, 0.3) is 0 Å². The van der Waals surface area contributed by atoms with E-state index in [2.05, 4.69) is 10.6 Å². The van der Waals surface area contributed by atoms with Gasteiger partial charge < -0.3 is 20.5 Å². The highest BCUT2D eigenvalue weighted by atomic mass is 16.5. The molecule has 1 rings (SSSR count). The average Bonchev–Trinajstić information content (AvgIpc) is 2.31. The van der Waals surface area contributed by atoms with Crippen molar-refractivity contribution in [3.05, 3.63) is 29.8 Å². The molecule has 5 nitrogen and oxygen atoms in total. The quantitative estimate of drug-likeness (QED) is 0.720. The molecule has 0 fully saturated rings. The van der Waals surface area contributed by atoms with E-state index in [1.807, 2.05) is 31.2 Å². The number of anilines is 1. The largest absolute Gasteiger partial charge is 0.394 e. The van der Waals surface area contributed by atoms with Gasteiger partial charge in [0.15, 0.2) is 0 Å². The lowest BCUT2D eigenvalue weighted by molar-refractivity contribution is 0.132. The minimum Gasteiger partial charge on any atom is -0.394 e. The van der Waals surface area contributed by atoms with E-state index in [-0.39, 0.29) is 19.2 Å². The Morgan fingerprint density at radius 3 is 2.59 bits per heavy atom. The fraction of sp³-hybridized carbons (Fsp3) is 0.417. The number of carbonyl (C=O) groups is 1. The van der Waals surface area contributed by atoms with Crippen molar-refractivity contribution in [3.63, 3.8) is 0 Å². The number of aliphatic hydroxyl groups is 1. The van der Waals surface area contributed by atoms with Crippen LogP contribution in [0.3, 0.4) is 0 Å². The molecule has 0 aliphatic rings. The van der Waals surface area contributed by atoms with Crippen molar-refractivity contribution in [2.45, 2.75) is 13.0 Å². The van der Waals surface area contributed by atoms with E-state index >= 15 is 0 Å². The number of carbonyl (C=O) groups excluding carboxylic acids is 1. The van der Waals surface area contributed by atoms with Gasteiger partial charge in [0.1, 0.15) is 0 Å². The number of ether oxygens (including phenoxy) is 1. The standard InChI is InChI=1S/C12H18N2O3/c1-9-3-5-10(6-4-9)13-12(16)14-11(7-15)8-17-2/h3-6,11,15H,7-8H2,1-2H3,(H2,13,14,16). The summed E-state index contributed by atoms with van der Waals surface area (Å²) in [6.07, 6.45) is 0. The molecule has 0 aliphatic heterocycles. The lowest BCUT2D eigenvalue weighted by Crippen LogP contribution is -2.42. The normalized spacial score (nSPS) is 11.9. The first-order valence-electron chi connectivity index (χ1n) is 5.39. The lowest BCUT2D eigenvalue weighted by atomic mass is 10.2. The number of hydrogen-bond donors (Lipinski definition) is 3. The highest BCUT2D eigenvalue weighted by Crippen LogP contribution is 2.08. The zero-order valence-electron chi connectivity index (χ0n) is 10.1. The van der Waals surface area contributed by atoms with Crippen LogP contribution in [0.15, 0.2) is 24.3 Å². The van der Waals surface area contributed by atoms with Crippen LogP contribution in [0.1, 0.15) is 5.56 Å². The maximum absolute atomic E-state index is 11.6. The van der Waals surface area contributed by atoms with Crippen molar-refractivity contribution in [3.8, 4) is 0 Å². The number of rotatable bonds is 5. The Morgan fingerprint density at radius 1 is 1.41 bits per heavy atom. The number of methoxy groups -OCH3 is 1. The molecular weight excluding hydrogens is 220 g/mol. The van der Waals surface area contributed by atoms with E-state index in [0.717, 1.165) is 5.56 Å². The summed E-state index contributed by atoms with van der Waals surface area (Å²) in [5, 5.41) is 14.3. The van der Waals surface area contributed by atoms with Crippen LogP contribution < -0.4 is 10.6 Å². The van der Waals surface area contributed by atoms with Crippen molar-refractivity contribution < 1.29 is 14.6 Å². The van der Waals surface area contributed by atoms with Crippen molar-refractivity contribution in [2.24, 2.45) is 0 Å². The number of hydrogen-bond acceptors (Lipinski definition) is 3.